The summed E-state index contributed by atoms with van der Waals surface area (Å²) in [7, 11) is 0. The SMILES string of the molecule is CCN(CC)C(=O)C(C)Oc1ccc(Cl)c2ccccc12. The Bertz CT molecular complexity index is 638. The highest BCUT2D eigenvalue weighted by atomic mass is 35.5. The minimum absolute atomic E-state index is 0.000897. The van der Waals surface area contributed by atoms with Crippen molar-refractivity contribution in [3.8, 4) is 5.75 Å². The summed E-state index contributed by atoms with van der Waals surface area (Å²) in [5, 5.41) is 2.53. The van der Waals surface area contributed by atoms with Crippen molar-refractivity contribution >= 4 is 28.3 Å². The molecule has 0 aromatic heterocycles. The molecule has 0 bridgehead atoms. The fraction of sp³-hybridized carbons (Fsp3) is 0.353. The quantitative estimate of drug-likeness (QED) is 0.831. The van der Waals surface area contributed by atoms with Gasteiger partial charge < -0.3 is 9.64 Å². The van der Waals surface area contributed by atoms with E-state index in [4.69, 9.17) is 16.3 Å². The Morgan fingerprint density at radius 1 is 1.14 bits per heavy atom. The third-order valence-electron chi connectivity index (χ3n) is 3.56. The number of ether oxygens (including phenoxy) is 1. The maximum absolute atomic E-state index is 12.3. The average Bonchev–Trinajstić information content (AvgIpc) is 2.51. The molecule has 1 unspecified atom stereocenters. The number of carbonyl (C=O) groups is 1. The molecule has 0 aliphatic rings. The molecule has 0 spiro atoms. The number of hydrogen-bond donors (Lipinski definition) is 0. The third-order valence-corrected chi connectivity index (χ3v) is 3.89. The Kier molecular flexibility index (Phi) is 5.07. The molecule has 0 saturated carbocycles. The Balaban J connectivity index is 2.28. The molecule has 4 heteroatoms. The van der Waals surface area contributed by atoms with Gasteiger partial charge in [-0.1, -0.05) is 35.9 Å². The van der Waals surface area contributed by atoms with E-state index >= 15 is 0 Å². The molecule has 0 heterocycles. The molecule has 0 N–H and O–H groups in total. The van der Waals surface area contributed by atoms with Gasteiger partial charge in [-0.2, -0.15) is 0 Å². The summed E-state index contributed by atoms with van der Waals surface area (Å²) < 4.78 is 5.88. The van der Waals surface area contributed by atoms with Gasteiger partial charge in [0.1, 0.15) is 5.75 Å². The molecule has 0 saturated heterocycles. The number of halogens is 1. The number of hydrogen-bond acceptors (Lipinski definition) is 2. The number of likely N-dealkylation sites (N-methyl/N-ethyl adjacent to an activating group) is 1. The highest BCUT2D eigenvalue weighted by molar-refractivity contribution is 6.35. The van der Waals surface area contributed by atoms with Crippen LogP contribution in [0.3, 0.4) is 0 Å². The molecule has 0 aliphatic heterocycles. The molecule has 2 aromatic carbocycles. The van der Waals surface area contributed by atoms with E-state index in [0.29, 0.717) is 23.9 Å². The van der Waals surface area contributed by atoms with Crippen LogP contribution in [0.15, 0.2) is 36.4 Å². The summed E-state index contributed by atoms with van der Waals surface area (Å²) in [6.07, 6.45) is -0.519. The summed E-state index contributed by atoms with van der Waals surface area (Å²) in [6.45, 7) is 7.08. The minimum atomic E-state index is -0.519. The third kappa shape index (κ3) is 3.30. The molecular formula is C17H20ClNO2. The van der Waals surface area contributed by atoms with Crippen molar-refractivity contribution in [2.45, 2.75) is 26.9 Å². The maximum Gasteiger partial charge on any atom is 0.263 e. The second-order valence-electron chi connectivity index (χ2n) is 4.86. The summed E-state index contributed by atoms with van der Waals surface area (Å²) in [6, 6.07) is 11.4. The molecule has 2 aromatic rings. The molecule has 112 valence electrons. The van der Waals surface area contributed by atoms with Crippen LogP contribution in [0.5, 0.6) is 5.75 Å². The summed E-state index contributed by atoms with van der Waals surface area (Å²) in [5.41, 5.74) is 0. The smallest absolute Gasteiger partial charge is 0.263 e. The first kappa shape index (κ1) is 15.6. The maximum atomic E-state index is 12.3. The van der Waals surface area contributed by atoms with Gasteiger partial charge in [-0.25, -0.2) is 0 Å². The Labute approximate surface area is 130 Å². The van der Waals surface area contributed by atoms with Crippen LogP contribution < -0.4 is 4.74 Å². The second kappa shape index (κ2) is 6.81. The lowest BCUT2D eigenvalue weighted by Gasteiger charge is -2.24. The van der Waals surface area contributed by atoms with E-state index in [1.807, 2.05) is 44.2 Å². The van der Waals surface area contributed by atoms with Gasteiger partial charge in [0.2, 0.25) is 0 Å². The zero-order valence-corrected chi connectivity index (χ0v) is 13.4. The summed E-state index contributed by atoms with van der Waals surface area (Å²) in [4.78, 5) is 14.1. The lowest BCUT2D eigenvalue weighted by molar-refractivity contribution is -0.137. The van der Waals surface area contributed by atoms with Crippen LogP contribution in [0.4, 0.5) is 0 Å². The van der Waals surface area contributed by atoms with E-state index < -0.39 is 6.10 Å². The highest BCUT2D eigenvalue weighted by Gasteiger charge is 2.20. The summed E-state index contributed by atoms with van der Waals surface area (Å²) >= 11 is 6.19. The number of nitrogens with zero attached hydrogens (tertiary/aromatic N) is 1. The second-order valence-corrected chi connectivity index (χ2v) is 5.27. The number of fused-ring (bicyclic) bond motifs is 1. The standard InChI is InChI=1S/C17H20ClNO2/c1-4-19(5-2)17(20)12(3)21-16-11-10-15(18)13-8-6-7-9-14(13)16/h6-12H,4-5H2,1-3H3. The zero-order chi connectivity index (χ0) is 15.4. The van der Waals surface area contributed by atoms with Gasteiger partial charge in [-0.3, -0.25) is 4.79 Å². The monoisotopic (exact) mass is 305 g/mol. The van der Waals surface area contributed by atoms with Gasteiger partial charge >= 0.3 is 0 Å². The number of benzene rings is 2. The van der Waals surface area contributed by atoms with Gasteiger partial charge in [0.25, 0.3) is 5.91 Å². The van der Waals surface area contributed by atoms with Crippen LogP contribution in [0, 0.1) is 0 Å². The van der Waals surface area contributed by atoms with E-state index in [-0.39, 0.29) is 5.91 Å². The van der Waals surface area contributed by atoms with Crippen molar-refractivity contribution < 1.29 is 9.53 Å². The molecule has 0 fully saturated rings. The molecule has 3 nitrogen and oxygen atoms in total. The molecule has 0 radical (unpaired) electrons. The molecule has 2 rings (SSSR count). The van der Waals surface area contributed by atoms with E-state index in [0.717, 1.165) is 10.8 Å². The highest BCUT2D eigenvalue weighted by Crippen LogP contribution is 2.31. The van der Waals surface area contributed by atoms with Crippen LogP contribution in [0.2, 0.25) is 5.02 Å². The van der Waals surface area contributed by atoms with Gasteiger partial charge in [-0.15, -0.1) is 0 Å². The first-order valence-corrected chi connectivity index (χ1v) is 7.59. The Hall–Kier alpha value is -1.74. The van der Waals surface area contributed by atoms with Gasteiger partial charge in [0.05, 0.1) is 0 Å². The van der Waals surface area contributed by atoms with E-state index in [9.17, 15) is 4.79 Å². The molecule has 21 heavy (non-hydrogen) atoms. The minimum Gasteiger partial charge on any atom is -0.480 e. The van der Waals surface area contributed by atoms with Gasteiger partial charge in [-0.05, 0) is 32.9 Å². The molecule has 0 aliphatic carbocycles. The number of carbonyl (C=O) groups excluding carboxylic acids is 1. The predicted molar refractivity (Wildman–Crippen MR) is 87.0 cm³/mol. The van der Waals surface area contributed by atoms with Crippen LogP contribution in [-0.4, -0.2) is 30.0 Å². The van der Waals surface area contributed by atoms with E-state index in [1.54, 1.807) is 17.9 Å². The average molecular weight is 306 g/mol. The van der Waals surface area contributed by atoms with Crippen molar-refractivity contribution in [1.29, 1.82) is 0 Å². The van der Waals surface area contributed by atoms with Crippen LogP contribution in [-0.2, 0) is 4.79 Å². The van der Waals surface area contributed by atoms with Crippen LogP contribution in [0.1, 0.15) is 20.8 Å². The predicted octanol–water partition coefficient (Wildman–Crippen LogP) is 4.13. The lowest BCUT2D eigenvalue weighted by atomic mass is 10.1. The van der Waals surface area contributed by atoms with Crippen molar-refractivity contribution in [2.75, 3.05) is 13.1 Å². The fourth-order valence-electron chi connectivity index (χ4n) is 2.37. The lowest BCUT2D eigenvalue weighted by Crippen LogP contribution is -2.40. The topological polar surface area (TPSA) is 29.5 Å². The van der Waals surface area contributed by atoms with Crippen LogP contribution in [0.25, 0.3) is 10.8 Å². The molecule has 1 amide bonds. The van der Waals surface area contributed by atoms with Gasteiger partial charge in [0, 0.05) is 28.9 Å². The molecular weight excluding hydrogens is 286 g/mol. The van der Waals surface area contributed by atoms with Crippen molar-refractivity contribution in [3.63, 3.8) is 0 Å². The first-order valence-electron chi connectivity index (χ1n) is 7.21. The zero-order valence-electron chi connectivity index (χ0n) is 12.6. The number of rotatable bonds is 5. The molecule has 1 atom stereocenters. The first-order chi connectivity index (χ1) is 10.1. The fourth-order valence-corrected chi connectivity index (χ4v) is 2.60. The van der Waals surface area contributed by atoms with Crippen molar-refractivity contribution in [1.82, 2.24) is 4.90 Å². The van der Waals surface area contributed by atoms with Gasteiger partial charge in [0.15, 0.2) is 6.10 Å². The van der Waals surface area contributed by atoms with Crippen LogP contribution >= 0.6 is 11.6 Å². The van der Waals surface area contributed by atoms with E-state index in [1.165, 1.54) is 0 Å². The number of amides is 1. The summed E-state index contributed by atoms with van der Waals surface area (Å²) in [5.74, 6) is 0.682. The normalized spacial score (nSPS) is 12.2. The Morgan fingerprint density at radius 2 is 1.76 bits per heavy atom. The van der Waals surface area contributed by atoms with E-state index in [2.05, 4.69) is 0 Å². The largest absolute Gasteiger partial charge is 0.480 e. The Morgan fingerprint density at radius 3 is 2.38 bits per heavy atom. The van der Waals surface area contributed by atoms with Crippen molar-refractivity contribution in [2.24, 2.45) is 0 Å². The van der Waals surface area contributed by atoms with Crippen molar-refractivity contribution in [3.05, 3.63) is 41.4 Å².